The summed E-state index contributed by atoms with van der Waals surface area (Å²) in [6, 6.07) is 4.69. The molecule has 1 aromatic rings. The molecular weight excluding hydrogens is 368 g/mol. The Balaban J connectivity index is 0.00000200. The first-order chi connectivity index (χ1) is 9.03. The highest BCUT2D eigenvalue weighted by Gasteiger charge is 2.22. The van der Waals surface area contributed by atoms with E-state index >= 15 is 0 Å². The fourth-order valence-corrected chi connectivity index (χ4v) is 4.04. The second-order valence-electron chi connectivity index (χ2n) is 4.46. The summed E-state index contributed by atoms with van der Waals surface area (Å²) in [4.78, 5) is 0.241. The molecule has 0 saturated carbocycles. The van der Waals surface area contributed by atoms with Gasteiger partial charge in [0.05, 0.1) is 16.5 Å². The van der Waals surface area contributed by atoms with Crippen LogP contribution in [0.25, 0.3) is 0 Å². The molecule has 8 heteroatoms. The van der Waals surface area contributed by atoms with E-state index in [9.17, 15) is 8.42 Å². The van der Waals surface area contributed by atoms with Crippen molar-refractivity contribution < 1.29 is 13.2 Å². The average Bonchev–Trinajstić information content (AvgIpc) is 2.39. The number of methoxy groups -OCH3 is 1. The summed E-state index contributed by atoms with van der Waals surface area (Å²) in [7, 11) is -1.94. The number of rotatable bonds is 4. The summed E-state index contributed by atoms with van der Waals surface area (Å²) >= 11 is 3.30. The van der Waals surface area contributed by atoms with E-state index < -0.39 is 10.0 Å². The zero-order valence-electron chi connectivity index (χ0n) is 11.1. The monoisotopic (exact) mass is 384 g/mol. The van der Waals surface area contributed by atoms with Gasteiger partial charge in [-0.1, -0.05) is 0 Å². The lowest BCUT2D eigenvalue weighted by Gasteiger charge is -2.23. The highest BCUT2D eigenvalue weighted by molar-refractivity contribution is 9.10. The number of ether oxygens (including phenoxy) is 1. The molecule has 0 spiro atoms. The van der Waals surface area contributed by atoms with E-state index in [2.05, 4.69) is 26.0 Å². The predicted octanol–water partition coefficient (Wildman–Crippen LogP) is 1.91. The van der Waals surface area contributed by atoms with Crippen molar-refractivity contribution in [2.24, 2.45) is 0 Å². The third-order valence-corrected chi connectivity index (χ3v) is 5.19. The molecule has 1 fully saturated rings. The summed E-state index contributed by atoms with van der Waals surface area (Å²) in [5, 5.41) is 3.18. The van der Waals surface area contributed by atoms with Crippen LogP contribution >= 0.6 is 28.3 Å². The normalized spacial score (nSPS) is 19.2. The second-order valence-corrected chi connectivity index (χ2v) is 7.03. The van der Waals surface area contributed by atoms with E-state index in [0.29, 0.717) is 16.8 Å². The lowest BCUT2D eigenvalue weighted by atomic mass is 10.1. The molecule has 2 N–H and O–H groups in total. The van der Waals surface area contributed by atoms with Gasteiger partial charge in [-0.15, -0.1) is 12.4 Å². The average molecular weight is 386 g/mol. The number of benzene rings is 1. The maximum absolute atomic E-state index is 12.3. The van der Waals surface area contributed by atoms with Crippen molar-refractivity contribution >= 4 is 38.4 Å². The minimum atomic E-state index is -3.48. The standard InChI is InChI=1S/C12H17BrN2O3S.ClH/c1-18-12-5-4-10(7-11(12)13)19(16,17)15-9-3-2-6-14-8-9;/h4-5,7,9,14-15H,2-3,6,8H2,1H3;1H/t9-;/m0./s1. The molecule has 1 aromatic carbocycles. The molecule has 1 aliphatic heterocycles. The number of halogens is 2. The molecule has 5 nitrogen and oxygen atoms in total. The summed E-state index contributed by atoms with van der Waals surface area (Å²) in [6.45, 7) is 1.63. The first-order valence-corrected chi connectivity index (χ1v) is 8.37. The minimum Gasteiger partial charge on any atom is -0.496 e. The van der Waals surface area contributed by atoms with E-state index in [0.717, 1.165) is 19.4 Å². The van der Waals surface area contributed by atoms with Crippen molar-refractivity contribution in [2.45, 2.75) is 23.8 Å². The van der Waals surface area contributed by atoms with Crippen LogP contribution < -0.4 is 14.8 Å². The molecule has 0 amide bonds. The van der Waals surface area contributed by atoms with Crippen molar-refractivity contribution in [1.82, 2.24) is 10.0 Å². The summed E-state index contributed by atoms with van der Waals surface area (Å²) in [5.41, 5.74) is 0. The molecular formula is C12H18BrClN2O3S. The molecule has 1 heterocycles. The van der Waals surface area contributed by atoms with Gasteiger partial charge in [0, 0.05) is 12.6 Å². The maximum atomic E-state index is 12.3. The van der Waals surface area contributed by atoms with Gasteiger partial charge in [0.2, 0.25) is 10.0 Å². The van der Waals surface area contributed by atoms with Crippen molar-refractivity contribution in [3.8, 4) is 5.75 Å². The van der Waals surface area contributed by atoms with Crippen LogP contribution in [-0.2, 0) is 10.0 Å². The van der Waals surface area contributed by atoms with Crippen molar-refractivity contribution in [3.63, 3.8) is 0 Å². The van der Waals surface area contributed by atoms with Gasteiger partial charge in [-0.25, -0.2) is 13.1 Å². The predicted molar refractivity (Wildman–Crippen MR) is 84.2 cm³/mol. The Morgan fingerprint density at radius 3 is 2.75 bits per heavy atom. The maximum Gasteiger partial charge on any atom is 0.240 e. The molecule has 1 aliphatic rings. The Labute approximate surface area is 134 Å². The fourth-order valence-electron chi connectivity index (χ4n) is 2.05. The van der Waals surface area contributed by atoms with Crippen molar-refractivity contribution in [3.05, 3.63) is 22.7 Å². The topological polar surface area (TPSA) is 67.4 Å². The van der Waals surface area contributed by atoms with Crippen LogP contribution in [0.15, 0.2) is 27.6 Å². The third-order valence-electron chi connectivity index (χ3n) is 3.05. The molecule has 1 saturated heterocycles. The number of hydrogen-bond donors (Lipinski definition) is 2. The van der Waals surface area contributed by atoms with Crippen molar-refractivity contribution in [2.75, 3.05) is 20.2 Å². The highest BCUT2D eigenvalue weighted by atomic mass is 79.9. The zero-order valence-corrected chi connectivity index (χ0v) is 14.3. The minimum absolute atomic E-state index is 0. The largest absolute Gasteiger partial charge is 0.496 e. The van der Waals surface area contributed by atoms with E-state index in [-0.39, 0.29) is 23.3 Å². The quantitative estimate of drug-likeness (QED) is 0.831. The molecule has 1 atom stereocenters. The van der Waals surface area contributed by atoms with Gasteiger partial charge in [0.15, 0.2) is 0 Å². The molecule has 2 rings (SSSR count). The molecule has 0 aromatic heterocycles. The molecule has 0 radical (unpaired) electrons. The van der Waals surface area contributed by atoms with Crippen LogP contribution in [0, 0.1) is 0 Å². The van der Waals surface area contributed by atoms with Crippen LogP contribution in [0.5, 0.6) is 5.75 Å². The summed E-state index contributed by atoms with van der Waals surface area (Å²) < 4.78 is 32.9. The smallest absolute Gasteiger partial charge is 0.240 e. The molecule has 20 heavy (non-hydrogen) atoms. The van der Waals surface area contributed by atoms with Gasteiger partial charge in [-0.2, -0.15) is 0 Å². The van der Waals surface area contributed by atoms with E-state index in [1.165, 1.54) is 0 Å². The van der Waals surface area contributed by atoms with E-state index in [4.69, 9.17) is 4.74 Å². The third kappa shape index (κ3) is 4.33. The lowest BCUT2D eigenvalue weighted by molar-refractivity contribution is 0.411. The Morgan fingerprint density at radius 1 is 1.45 bits per heavy atom. The molecule has 114 valence electrons. The first kappa shape index (κ1) is 17.7. The van der Waals surface area contributed by atoms with Gasteiger partial charge in [0.25, 0.3) is 0 Å². The van der Waals surface area contributed by atoms with Gasteiger partial charge in [-0.05, 0) is 53.5 Å². The van der Waals surface area contributed by atoms with Gasteiger partial charge < -0.3 is 10.1 Å². The number of sulfonamides is 1. The van der Waals surface area contributed by atoms with Crippen LogP contribution in [0.2, 0.25) is 0 Å². The molecule has 0 unspecified atom stereocenters. The van der Waals surface area contributed by atoms with Crippen LogP contribution in [0.3, 0.4) is 0 Å². The van der Waals surface area contributed by atoms with E-state index in [1.54, 1.807) is 25.3 Å². The van der Waals surface area contributed by atoms with Crippen LogP contribution in [0.1, 0.15) is 12.8 Å². The molecule has 0 aliphatic carbocycles. The van der Waals surface area contributed by atoms with Crippen molar-refractivity contribution in [1.29, 1.82) is 0 Å². The molecule has 0 bridgehead atoms. The van der Waals surface area contributed by atoms with Gasteiger partial charge in [0.1, 0.15) is 5.75 Å². The Bertz CT molecular complexity index is 548. The Morgan fingerprint density at radius 2 is 2.20 bits per heavy atom. The lowest BCUT2D eigenvalue weighted by Crippen LogP contribution is -2.45. The number of hydrogen-bond acceptors (Lipinski definition) is 4. The number of piperidine rings is 1. The fraction of sp³-hybridized carbons (Fsp3) is 0.500. The van der Waals surface area contributed by atoms with Gasteiger partial charge >= 0.3 is 0 Å². The number of nitrogens with one attached hydrogen (secondary N) is 2. The first-order valence-electron chi connectivity index (χ1n) is 6.09. The summed E-state index contributed by atoms with van der Waals surface area (Å²) in [6.07, 6.45) is 1.85. The van der Waals surface area contributed by atoms with Gasteiger partial charge in [-0.3, -0.25) is 0 Å². The SMILES string of the molecule is COc1ccc(S(=O)(=O)N[C@H]2CCCNC2)cc1Br.Cl. The van der Waals surface area contributed by atoms with Crippen LogP contribution in [-0.4, -0.2) is 34.7 Å². The highest BCUT2D eigenvalue weighted by Crippen LogP contribution is 2.27. The zero-order chi connectivity index (χ0) is 13.9. The summed E-state index contributed by atoms with van der Waals surface area (Å²) in [5.74, 6) is 0.610. The van der Waals surface area contributed by atoms with E-state index in [1.807, 2.05) is 0 Å². The Hall–Kier alpha value is -0.340. The second kappa shape index (κ2) is 7.61. The van der Waals surface area contributed by atoms with Crippen LogP contribution in [0.4, 0.5) is 0 Å². The Kier molecular flexibility index (Phi) is 6.74.